The number of nitrogens with zero attached hydrogens (tertiary/aromatic N) is 7. The first-order valence-electron chi connectivity index (χ1n) is 14.1. The smallest absolute Gasteiger partial charge is 0.266 e. The van der Waals surface area contributed by atoms with Gasteiger partial charge in [0, 0.05) is 38.0 Å². The van der Waals surface area contributed by atoms with Crippen LogP contribution < -0.4 is 10.5 Å². The number of carbonyl (C=O) groups is 1. The number of anilines is 1. The molecular formula is C29H31N9O3S2. The van der Waals surface area contributed by atoms with Crippen LogP contribution in [0.1, 0.15) is 24.2 Å². The number of benzene rings is 2. The van der Waals surface area contributed by atoms with Crippen LogP contribution in [0.5, 0.6) is 5.75 Å². The predicted octanol–water partition coefficient (Wildman–Crippen LogP) is 3.33. The van der Waals surface area contributed by atoms with E-state index < -0.39 is 0 Å². The number of tetrazole rings is 1. The summed E-state index contributed by atoms with van der Waals surface area (Å²) in [4.78, 5) is 27.2. The van der Waals surface area contributed by atoms with Crippen LogP contribution in [-0.4, -0.2) is 96.6 Å². The van der Waals surface area contributed by atoms with E-state index in [1.165, 1.54) is 11.8 Å². The highest BCUT2D eigenvalue weighted by atomic mass is 32.2. The van der Waals surface area contributed by atoms with Crippen molar-refractivity contribution < 1.29 is 14.3 Å². The van der Waals surface area contributed by atoms with Gasteiger partial charge in [-0.1, -0.05) is 47.4 Å². The number of nitrogen functional groups attached to an aromatic ring is 1. The van der Waals surface area contributed by atoms with Crippen LogP contribution in [0.15, 0.2) is 47.4 Å². The molecule has 2 aromatic carbocycles. The Hall–Kier alpha value is -3.98. The molecule has 4 heterocycles. The first kappa shape index (κ1) is 29.1. The van der Waals surface area contributed by atoms with Crippen LogP contribution in [-0.2, 0) is 16.0 Å². The van der Waals surface area contributed by atoms with E-state index in [0.717, 1.165) is 62.2 Å². The lowest BCUT2D eigenvalue weighted by atomic mass is 10.1. The summed E-state index contributed by atoms with van der Waals surface area (Å²) < 4.78 is 12.3. The number of aryl methyl sites for hydroxylation is 1. The van der Waals surface area contributed by atoms with E-state index in [9.17, 15) is 4.79 Å². The van der Waals surface area contributed by atoms with Crippen LogP contribution in [0.25, 0.3) is 28.4 Å². The van der Waals surface area contributed by atoms with Crippen molar-refractivity contribution in [1.82, 2.24) is 40.4 Å². The molecule has 0 spiro atoms. The number of hydrogen-bond acceptors (Lipinski definition) is 12. The molecule has 6 rings (SSSR count). The molecule has 14 heteroatoms. The van der Waals surface area contributed by atoms with Gasteiger partial charge in [-0.3, -0.25) is 14.6 Å². The Bertz CT molecular complexity index is 1640. The maximum Gasteiger partial charge on any atom is 0.266 e. The molecular weight excluding hydrogens is 587 g/mol. The number of hydrogen-bond donors (Lipinski definition) is 2. The molecule has 0 unspecified atom stereocenters. The van der Waals surface area contributed by atoms with Crippen LogP contribution in [0.2, 0.25) is 0 Å². The van der Waals surface area contributed by atoms with Crippen LogP contribution in [0.3, 0.4) is 0 Å². The number of fused-ring (bicyclic) bond motifs is 1. The van der Waals surface area contributed by atoms with Crippen molar-refractivity contribution in [3.63, 3.8) is 0 Å². The highest BCUT2D eigenvalue weighted by Gasteiger charge is 2.31. The minimum Gasteiger partial charge on any atom is -0.491 e. The molecule has 0 radical (unpaired) electrons. The number of thioether (sulfide) groups is 1. The topological polar surface area (TPSA) is 148 Å². The summed E-state index contributed by atoms with van der Waals surface area (Å²) in [6, 6.07) is 13.4. The molecule has 12 nitrogen and oxygen atoms in total. The Kier molecular flexibility index (Phi) is 9.17. The number of ether oxygens (including phenoxy) is 2. The fourth-order valence-corrected chi connectivity index (χ4v) is 6.26. The molecule has 0 atom stereocenters. The molecule has 2 aromatic heterocycles. The molecule has 222 valence electrons. The highest BCUT2D eigenvalue weighted by molar-refractivity contribution is 8.26. The zero-order valence-corrected chi connectivity index (χ0v) is 25.1. The van der Waals surface area contributed by atoms with Gasteiger partial charge in [0.2, 0.25) is 0 Å². The summed E-state index contributed by atoms with van der Waals surface area (Å²) in [5.74, 6) is 2.06. The molecule has 0 saturated carbocycles. The number of aromatic nitrogens is 6. The summed E-state index contributed by atoms with van der Waals surface area (Å²) >= 11 is 6.85. The summed E-state index contributed by atoms with van der Waals surface area (Å²) in [6.45, 7) is 5.05. The molecule has 43 heavy (non-hydrogen) atoms. The van der Waals surface area contributed by atoms with Crippen molar-refractivity contribution in [1.29, 1.82) is 0 Å². The van der Waals surface area contributed by atoms with Crippen molar-refractivity contribution in [3.8, 4) is 17.1 Å². The molecule has 2 fully saturated rings. The molecule has 2 aliphatic rings. The summed E-state index contributed by atoms with van der Waals surface area (Å²) in [5, 5.41) is 14.8. The van der Waals surface area contributed by atoms with Gasteiger partial charge in [-0.25, -0.2) is 9.97 Å². The van der Waals surface area contributed by atoms with E-state index in [0.29, 0.717) is 57.6 Å². The van der Waals surface area contributed by atoms with Crippen molar-refractivity contribution in [2.75, 3.05) is 51.7 Å². The number of carbonyl (C=O) groups excluding carboxylic acids is 1. The Morgan fingerprint density at radius 2 is 1.98 bits per heavy atom. The van der Waals surface area contributed by atoms with Gasteiger partial charge in [0.25, 0.3) is 5.91 Å². The number of rotatable bonds is 11. The van der Waals surface area contributed by atoms with Crippen molar-refractivity contribution in [2.24, 2.45) is 0 Å². The van der Waals surface area contributed by atoms with E-state index in [-0.39, 0.29) is 5.91 Å². The van der Waals surface area contributed by atoms with Gasteiger partial charge in [-0.05, 0) is 48.7 Å². The van der Waals surface area contributed by atoms with Gasteiger partial charge in [0.05, 0.1) is 29.2 Å². The van der Waals surface area contributed by atoms with Gasteiger partial charge in [-0.2, -0.15) is 5.21 Å². The number of unbranched alkanes of at least 4 members (excludes halogenated alkanes) is 1. The molecule has 4 aromatic rings. The molecule has 2 aliphatic heterocycles. The zero-order valence-electron chi connectivity index (χ0n) is 23.4. The third kappa shape index (κ3) is 6.99. The second kappa shape index (κ2) is 13.5. The van der Waals surface area contributed by atoms with Crippen molar-refractivity contribution in [3.05, 3.63) is 58.8 Å². The average molecular weight is 618 g/mol. The highest BCUT2D eigenvalue weighted by Crippen LogP contribution is 2.36. The van der Waals surface area contributed by atoms with E-state index in [1.807, 2.05) is 48.5 Å². The Balaban J connectivity index is 1.22. The number of aromatic amines is 1. The van der Waals surface area contributed by atoms with Crippen LogP contribution >= 0.6 is 24.0 Å². The van der Waals surface area contributed by atoms with Gasteiger partial charge >= 0.3 is 0 Å². The lowest BCUT2D eigenvalue weighted by Crippen LogP contribution is -2.38. The van der Waals surface area contributed by atoms with E-state index in [1.54, 1.807) is 4.90 Å². The molecule has 3 N–H and O–H groups in total. The lowest BCUT2D eigenvalue weighted by Gasteiger charge is -2.26. The number of nitrogens with one attached hydrogen (secondary N) is 1. The number of thiocarbonyl (C=S) groups is 1. The quantitative estimate of drug-likeness (QED) is 0.144. The van der Waals surface area contributed by atoms with Gasteiger partial charge in [0.15, 0.2) is 11.6 Å². The van der Waals surface area contributed by atoms with E-state index >= 15 is 0 Å². The standard InChI is InChI=1S/C29H31N9O3S2/c30-26-20-5-1-2-6-22(20)31-27(32-26)21-17-19(8-9-23(21)41-16-13-37-11-14-40-15-12-37)18-24-28(39)38(29(42)43-24)10-4-3-7-25-33-35-36-34-25/h1-2,5-6,8-9,17-18H,3-4,7,10-16H2,(H2,30,31,32)(H,33,34,35,36)/b24-18-. The number of para-hydroxylation sites is 1. The monoisotopic (exact) mass is 617 g/mol. The lowest BCUT2D eigenvalue weighted by molar-refractivity contribution is -0.122. The van der Waals surface area contributed by atoms with Gasteiger partial charge in [-0.15, -0.1) is 10.2 Å². The minimum absolute atomic E-state index is 0.104. The fourth-order valence-electron chi connectivity index (χ4n) is 4.95. The Morgan fingerprint density at radius 3 is 2.81 bits per heavy atom. The predicted molar refractivity (Wildman–Crippen MR) is 169 cm³/mol. The van der Waals surface area contributed by atoms with Crippen LogP contribution in [0.4, 0.5) is 5.82 Å². The average Bonchev–Trinajstić information content (AvgIpc) is 3.64. The maximum absolute atomic E-state index is 13.3. The van der Waals surface area contributed by atoms with Gasteiger partial charge in [0.1, 0.15) is 22.5 Å². The molecule has 0 aliphatic carbocycles. The van der Waals surface area contributed by atoms with Crippen molar-refractivity contribution in [2.45, 2.75) is 19.3 Å². The van der Waals surface area contributed by atoms with Gasteiger partial charge < -0.3 is 15.2 Å². The summed E-state index contributed by atoms with van der Waals surface area (Å²) in [5.41, 5.74) is 8.59. The number of nitrogens with two attached hydrogens (primary N) is 1. The van der Waals surface area contributed by atoms with E-state index in [4.69, 9.17) is 32.4 Å². The second-order valence-corrected chi connectivity index (χ2v) is 11.8. The fraction of sp³-hybridized carbons (Fsp3) is 0.345. The number of H-pyrrole nitrogens is 1. The Labute approximate surface area is 258 Å². The third-order valence-electron chi connectivity index (χ3n) is 7.24. The van der Waals surface area contributed by atoms with Crippen molar-refractivity contribution >= 4 is 57.0 Å². The summed E-state index contributed by atoms with van der Waals surface area (Å²) in [6.07, 6.45) is 4.13. The SMILES string of the molecule is Nc1nc(-c2cc(/C=C3\SC(=S)N(CCCCc4nn[nH]n4)C3=O)ccc2OCCN2CCOCC2)nc2ccccc12. The molecule has 2 saturated heterocycles. The number of amides is 1. The third-order valence-corrected chi connectivity index (χ3v) is 8.62. The first-order valence-corrected chi connectivity index (χ1v) is 15.3. The number of morpholine rings is 1. The Morgan fingerprint density at radius 1 is 1.12 bits per heavy atom. The largest absolute Gasteiger partial charge is 0.491 e. The van der Waals surface area contributed by atoms with Crippen LogP contribution in [0, 0.1) is 0 Å². The molecule has 0 bridgehead atoms. The second-order valence-electron chi connectivity index (χ2n) is 10.1. The molecule has 1 amide bonds. The normalized spacial score (nSPS) is 16.9. The zero-order chi connectivity index (χ0) is 29.6. The summed E-state index contributed by atoms with van der Waals surface area (Å²) in [7, 11) is 0. The van der Waals surface area contributed by atoms with E-state index in [2.05, 4.69) is 30.5 Å². The maximum atomic E-state index is 13.3. The first-order chi connectivity index (χ1) is 21.0. The minimum atomic E-state index is -0.104.